The highest BCUT2D eigenvalue weighted by atomic mass is 16.5. The maximum absolute atomic E-state index is 12.7. The second-order valence-corrected chi connectivity index (χ2v) is 6.95. The summed E-state index contributed by atoms with van der Waals surface area (Å²) in [6.07, 6.45) is 3.77. The van der Waals surface area contributed by atoms with Crippen molar-refractivity contribution in [3.63, 3.8) is 0 Å². The van der Waals surface area contributed by atoms with Gasteiger partial charge in [0, 0.05) is 24.9 Å². The monoisotopic (exact) mass is 354 g/mol. The maximum Gasteiger partial charge on any atom is 0.274 e. The molecule has 0 bridgehead atoms. The Bertz CT molecular complexity index is 770. The van der Waals surface area contributed by atoms with Crippen LogP contribution in [0.2, 0.25) is 0 Å². The van der Waals surface area contributed by atoms with Gasteiger partial charge in [0.25, 0.3) is 5.91 Å². The number of aryl methyl sites for hydroxylation is 1. The minimum absolute atomic E-state index is 0.211. The van der Waals surface area contributed by atoms with Crippen molar-refractivity contribution in [1.82, 2.24) is 9.97 Å². The lowest BCUT2D eigenvalue weighted by Crippen LogP contribution is -2.20. The van der Waals surface area contributed by atoms with Crippen molar-refractivity contribution in [3.05, 3.63) is 47.4 Å². The molecule has 1 amide bonds. The molecule has 138 valence electrons. The van der Waals surface area contributed by atoms with Crippen LogP contribution in [0.25, 0.3) is 0 Å². The molecule has 2 aromatic rings. The van der Waals surface area contributed by atoms with E-state index in [0.717, 1.165) is 36.3 Å². The number of aromatic nitrogens is 2. The second-order valence-electron chi connectivity index (χ2n) is 6.95. The number of nitrogens with zero attached hydrogens (tertiary/aromatic N) is 2. The van der Waals surface area contributed by atoms with E-state index in [9.17, 15) is 4.79 Å². The average molecular weight is 354 g/mol. The first-order valence-corrected chi connectivity index (χ1v) is 9.13. The summed E-state index contributed by atoms with van der Waals surface area (Å²) in [4.78, 5) is 21.0. The number of hydrogen-bond acceptors (Lipinski definition) is 5. The lowest BCUT2D eigenvalue weighted by atomic mass is 9.98. The third-order valence-electron chi connectivity index (χ3n) is 4.60. The summed E-state index contributed by atoms with van der Waals surface area (Å²) in [6.45, 7) is 7.73. The van der Waals surface area contributed by atoms with Gasteiger partial charge in [-0.1, -0.05) is 32.0 Å². The number of anilines is 2. The Labute approximate surface area is 154 Å². The predicted molar refractivity (Wildman–Crippen MR) is 103 cm³/mol. The zero-order chi connectivity index (χ0) is 18.5. The van der Waals surface area contributed by atoms with Crippen LogP contribution in [-0.2, 0) is 4.74 Å². The molecule has 0 radical (unpaired) electrons. The molecule has 2 heterocycles. The fourth-order valence-electron chi connectivity index (χ4n) is 3.12. The molecule has 1 fully saturated rings. The molecule has 6 nitrogen and oxygen atoms in total. The molecule has 0 spiro atoms. The molecule has 2 N–H and O–H groups in total. The van der Waals surface area contributed by atoms with Crippen LogP contribution in [0.1, 0.15) is 54.2 Å². The number of benzene rings is 1. The number of carbonyl (C=O) groups excluding carboxylic acids is 1. The van der Waals surface area contributed by atoms with Gasteiger partial charge in [-0.2, -0.15) is 0 Å². The van der Waals surface area contributed by atoms with E-state index in [0.29, 0.717) is 24.0 Å². The van der Waals surface area contributed by atoms with Crippen molar-refractivity contribution in [3.8, 4) is 0 Å². The van der Waals surface area contributed by atoms with Crippen LogP contribution < -0.4 is 10.6 Å². The van der Waals surface area contributed by atoms with Gasteiger partial charge in [-0.15, -0.1) is 0 Å². The van der Waals surface area contributed by atoms with Crippen LogP contribution in [0.4, 0.5) is 11.5 Å². The minimum atomic E-state index is -0.233. The molecule has 0 aliphatic carbocycles. The van der Waals surface area contributed by atoms with Crippen molar-refractivity contribution in [2.75, 3.05) is 23.8 Å². The summed E-state index contributed by atoms with van der Waals surface area (Å²) in [6, 6.07) is 7.73. The van der Waals surface area contributed by atoms with Gasteiger partial charge in [-0.25, -0.2) is 9.97 Å². The van der Waals surface area contributed by atoms with E-state index >= 15 is 0 Å². The molecule has 0 saturated carbocycles. The molecule has 1 aliphatic heterocycles. The summed E-state index contributed by atoms with van der Waals surface area (Å²) < 4.78 is 5.59. The van der Waals surface area contributed by atoms with E-state index in [1.54, 1.807) is 6.07 Å². The average Bonchev–Trinajstić information content (AvgIpc) is 3.15. The van der Waals surface area contributed by atoms with Gasteiger partial charge in [0.05, 0.1) is 6.10 Å². The van der Waals surface area contributed by atoms with Crippen LogP contribution in [0, 0.1) is 6.92 Å². The summed E-state index contributed by atoms with van der Waals surface area (Å²) in [5.41, 5.74) is 3.35. The molecular weight excluding hydrogens is 328 g/mol. The fraction of sp³-hybridized carbons (Fsp3) is 0.450. The SMILES string of the molecule is Cc1cccc(C(C)C)c1NC(=O)c1cc(NCC2CCCO2)ncn1. The second kappa shape index (κ2) is 8.27. The van der Waals surface area contributed by atoms with Crippen molar-refractivity contribution in [1.29, 1.82) is 0 Å². The number of hydrogen-bond donors (Lipinski definition) is 2. The van der Waals surface area contributed by atoms with Crippen LogP contribution >= 0.6 is 0 Å². The Morgan fingerprint density at radius 2 is 2.19 bits per heavy atom. The van der Waals surface area contributed by atoms with Crippen LogP contribution in [0.3, 0.4) is 0 Å². The molecule has 1 aromatic carbocycles. The highest BCUT2D eigenvalue weighted by Gasteiger charge is 2.17. The number of para-hydroxylation sites is 1. The van der Waals surface area contributed by atoms with Crippen LogP contribution in [-0.4, -0.2) is 35.1 Å². The lowest BCUT2D eigenvalue weighted by molar-refractivity contribution is 0.102. The van der Waals surface area contributed by atoms with Gasteiger partial charge >= 0.3 is 0 Å². The van der Waals surface area contributed by atoms with Gasteiger partial charge in [0.2, 0.25) is 0 Å². The van der Waals surface area contributed by atoms with Gasteiger partial charge in [-0.05, 0) is 36.8 Å². The topological polar surface area (TPSA) is 76.1 Å². The zero-order valence-corrected chi connectivity index (χ0v) is 15.6. The first-order chi connectivity index (χ1) is 12.5. The highest BCUT2D eigenvalue weighted by Crippen LogP contribution is 2.27. The van der Waals surface area contributed by atoms with E-state index < -0.39 is 0 Å². The molecule has 1 atom stereocenters. The number of ether oxygens (including phenoxy) is 1. The summed E-state index contributed by atoms with van der Waals surface area (Å²) in [5.74, 6) is 0.720. The number of nitrogens with one attached hydrogen (secondary N) is 2. The molecule has 1 saturated heterocycles. The van der Waals surface area contributed by atoms with Crippen molar-refractivity contribution < 1.29 is 9.53 Å². The molecular formula is C20H26N4O2. The Morgan fingerprint density at radius 3 is 2.92 bits per heavy atom. The van der Waals surface area contributed by atoms with Gasteiger partial charge in [-0.3, -0.25) is 4.79 Å². The third-order valence-corrected chi connectivity index (χ3v) is 4.60. The van der Waals surface area contributed by atoms with E-state index in [-0.39, 0.29) is 12.0 Å². The summed E-state index contributed by atoms with van der Waals surface area (Å²) in [7, 11) is 0. The molecule has 1 unspecified atom stereocenters. The van der Waals surface area contributed by atoms with Gasteiger partial charge in [0.1, 0.15) is 17.8 Å². The maximum atomic E-state index is 12.7. The standard InChI is InChI=1S/C20H26N4O2/c1-13(2)16-8-4-6-14(3)19(16)24-20(25)17-10-18(23-12-22-17)21-11-15-7-5-9-26-15/h4,6,8,10,12-13,15H,5,7,9,11H2,1-3H3,(H,24,25)(H,21,22,23). The van der Waals surface area contributed by atoms with Crippen molar-refractivity contribution in [2.24, 2.45) is 0 Å². The zero-order valence-electron chi connectivity index (χ0n) is 15.6. The van der Waals surface area contributed by atoms with E-state index in [1.165, 1.54) is 6.33 Å². The van der Waals surface area contributed by atoms with E-state index in [1.807, 2.05) is 25.1 Å². The van der Waals surface area contributed by atoms with Gasteiger partial charge in [0.15, 0.2) is 0 Å². The number of carbonyl (C=O) groups is 1. The Morgan fingerprint density at radius 1 is 1.35 bits per heavy atom. The van der Waals surface area contributed by atoms with Crippen LogP contribution in [0.15, 0.2) is 30.6 Å². The minimum Gasteiger partial charge on any atom is -0.376 e. The Kier molecular flexibility index (Phi) is 5.83. The van der Waals surface area contributed by atoms with Crippen molar-refractivity contribution in [2.45, 2.75) is 45.6 Å². The molecule has 26 heavy (non-hydrogen) atoms. The fourth-order valence-corrected chi connectivity index (χ4v) is 3.12. The third kappa shape index (κ3) is 4.38. The largest absolute Gasteiger partial charge is 0.376 e. The molecule has 3 rings (SSSR count). The smallest absolute Gasteiger partial charge is 0.274 e. The van der Waals surface area contributed by atoms with Crippen LogP contribution in [0.5, 0.6) is 0 Å². The molecule has 6 heteroatoms. The Balaban J connectivity index is 1.71. The highest BCUT2D eigenvalue weighted by molar-refractivity contribution is 6.04. The summed E-state index contributed by atoms with van der Waals surface area (Å²) >= 11 is 0. The Hall–Kier alpha value is -2.47. The first-order valence-electron chi connectivity index (χ1n) is 9.13. The lowest BCUT2D eigenvalue weighted by Gasteiger charge is -2.16. The van der Waals surface area contributed by atoms with Crippen molar-refractivity contribution >= 4 is 17.4 Å². The molecule has 1 aliphatic rings. The number of rotatable bonds is 6. The quantitative estimate of drug-likeness (QED) is 0.826. The summed E-state index contributed by atoms with van der Waals surface area (Å²) in [5, 5.41) is 6.25. The predicted octanol–water partition coefficient (Wildman–Crippen LogP) is 3.75. The molecule has 1 aromatic heterocycles. The first kappa shape index (κ1) is 18.3. The van der Waals surface area contributed by atoms with E-state index in [2.05, 4.69) is 34.4 Å². The van der Waals surface area contributed by atoms with Gasteiger partial charge < -0.3 is 15.4 Å². The van der Waals surface area contributed by atoms with E-state index in [4.69, 9.17) is 4.74 Å². The number of amides is 1. The normalized spacial score (nSPS) is 16.7.